The number of nitrogens with one attached hydrogen (secondary N) is 1. The van der Waals surface area contributed by atoms with Gasteiger partial charge in [-0.2, -0.15) is 0 Å². The summed E-state index contributed by atoms with van der Waals surface area (Å²) in [4.78, 5) is 1.92. The van der Waals surface area contributed by atoms with Gasteiger partial charge in [-0.15, -0.1) is 0 Å². The molecular weight excluding hydrogens is 339 g/mol. The molecule has 25 heavy (non-hydrogen) atoms. The van der Waals surface area contributed by atoms with E-state index in [-0.39, 0.29) is 17.8 Å². The van der Waals surface area contributed by atoms with E-state index in [0.29, 0.717) is 10.9 Å². The molecule has 4 rings (SSSR count). The minimum Gasteiger partial charge on any atom is -0.493 e. The van der Waals surface area contributed by atoms with E-state index in [4.69, 9.17) is 21.7 Å². The first-order chi connectivity index (χ1) is 12.0. The first-order valence-corrected chi connectivity index (χ1v) is 8.58. The lowest BCUT2D eigenvalue weighted by molar-refractivity contribution is -0.00546. The first-order valence-electron chi connectivity index (χ1n) is 8.18. The quantitative estimate of drug-likeness (QED) is 0.820. The number of fused-ring (bicyclic) bond motifs is 4. The van der Waals surface area contributed by atoms with Crippen LogP contribution >= 0.6 is 12.2 Å². The number of nitrogens with zero attached hydrogens (tertiary/aromatic N) is 1. The van der Waals surface area contributed by atoms with Crippen LogP contribution in [0.5, 0.6) is 11.5 Å². The molecule has 0 amide bonds. The molecule has 2 bridgehead atoms. The molecule has 130 valence electrons. The summed E-state index contributed by atoms with van der Waals surface area (Å²) in [6.45, 7) is 4.13. The van der Waals surface area contributed by atoms with Crippen molar-refractivity contribution in [1.82, 2.24) is 5.32 Å². The Balaban J connectivity index is 1.86. The predicted octanol–water partition coefficient (Wildman–Crippen LogP) is 4.01. The Labute approximate surface area is 151 Å². The summed E-state index contributed by atoms with van der Waals surface area (Å²) in [7, 11) is 1.63. The molecule has 2 heterocycles. The molecule has 2 aliphatic rings. The molecule has 1 fully saturated rings. The summed E-state index contributed by atoms with van der Waals surface area (Å²) in [6.07, 6.45) is 0. The smallest absolute Gasteiger partial charge is 0.191 e. The minimum absolute atomic E-state index is 0.0213. The normalized spacial score (nSPS) is 27.2. The van der Waals surface area contributed by atoms with Crippen LogP contribution in [-0.4, -0.2) is 17.9 Å². The van der Waals surface area contributed by atoms with Gasteiger partial charge in [0.1, 0.15) is 5.82 Å². The van der Waals surface area contributed by atoms with Crippen LogP contribution < -0.4 is 19.7 Å². The number of rotatable bonds is 2. The Bertz CT molecular complexity index is 842. The van der Waals surface area contributed by atoms with Crippen molar-refractivity contribution in [1.29, 1.82) is 0 Å². The molecule has 2 aliphatic heterocycles. The van der Waals surface area contributed by atoms with Crippen molar-refractivity contribution in [2.24, 2.45) is 5.92 Å². The number of para-hydroxylation sites is 1. The molecule has 2 aromatic rings. The maximum atomic E-state index is 13.4. The van der Waals surface area contributed by atoms with E-state index in [1.807, 2.05) is 30.0 Å². The summed E-state index contributed by atoms with van der Waals surface area (Å²) in [6, 6.07) is 12.2. The highest BCUT2D eigenvalue weighted by Gasteiger charge is 2.54. The van der Waals surface area contributed by atoms with Crippen LogP contribution in [0.4, 0.5) is 10.1 Å². The van der Waals surface area contributed by atoms with Gasteiger partial charge in [0, 0.05) is 17.2 Å². The van der Waals surface area contributed by atoms with Gasteiger partial charge in [-0.1, -0.05) is 19.1 Å². The van der Waals surface area contributed by atoms with Crippen LogP contribution in [0.3, 0.4) is 0 Å². The molecule has 0 saturated carbocycles. The lowest BCUT2D eigenvalue weighted by Gasteiger charge is -2.56. The van der Waals surface area contributed by atoms with Crippen molar-refractivity contribution in [2.45, 2.75) is 25.6 Å². The Morgan fingerprint density at radius 1 is 1.24 bits per heavy atom. The molecule has 0 unspecified atom stereocenters. The van der Waals surface area contributed by atoms with Crippen LogP contribution in [0.1, 0.15) is 25.5 Å². The van der Waals surface area contributed by atoms with Gasteiger partial charge < -0.3 is 14.8 Å². The number of halogens is 1. The van der Waals surface area contributed by atoms with Crippen LogP contribution in [0.15, 0.2) is 42.5 Å². The lowest BCUT2D eigenvalue weighted by Crippen LogP contribution is -2.69. The summed E-state index contributed by atoms with van der Waals surface area (Å²) in [5.41, 5.74) is 1.10. The highest BCUT2D eigenvalue weighted by molar-refractivity contribution is 7.80. The molecule has 0 radical (unpaired) electrons. The topological polar surface area (TPSA) is 33.7 Å². The third kappa shape index (κ3) is 2.28. The average Bonchev–Trinajstić information content (AvgIpc) is 2.59. The number of hydrogen-bond acceptors (Lipinski definition) is 3. The van der Waals surface area contributed by atoms with E-state index >= 15 is 0 Å². The van der Waals surface area contributed by atoms with Crippen molar-refractivity contribution in [2.75, 3.05) is 12.0 Å². The molecule has 3 atom stereocenters. The monoisotopic (exact) mass is 358 g/mol. The number of anilines is 1. The second-order valence-corrected chi connectivity index (χ2v) is 6.95. The van der Waals surface area contributed by atoms with Gasteiger partial charge in [-0.25, -0.2) is 4.39 Å². The van der Waals surface area contributed by atoms with E-state index < -0.39 is 5.72 Å². The third-order valence-electron chi connectivity index (χ3n) is 5.23. The SMILES string of the molecule is COc1cccc2c1O[C@@]1(C)[C@@H](C)[C@H]2NC(=S)N1c1ccc(F)cc1. The molecular formula is C19H19FN2O2S. The standard InChI is InChI=1S/C19H19FN2O2S/c1-11-16-14-5-4-6-15(23-3)17(14)24-19(11,2)22(18(25)21-16)13-9-7-12(20)8-10-13/h4-11,16H,1-3H3,(H,21,25)/t11-,16+,19-/m0/s1. The Hall–Kier alpha value is -2.34. The Morgan fingerprint density at radius 2 is 1.96 bits per heavy atom. The van der Waals surface area contributed by atoms with Crippen molar-refractivity contribution in [3.8, 4) is 11.5 Å². The average molecular weight is 358 g/mol. The Morgan fingerprint density at radius 3 is 2.64 bits per heavy atom. The van der Waals surface area contributed by atoms with Gasteiger partial charge in [0.25, 0.3) is 0 Å². The maximum Gasteiger partial charge on any atom is 0.191 e. The number of hydrogen-bond donors (Lipinski definition) is 1. The number of methoxy groups -OCH3 is 1. The van der Waals surface area contributed by atoms with Gasteiger partial charge in [-0.3, -0.25) is 4.90 Å². The fraction of sp³-hybridized carbons (Fsp3) is 0.316. The van der Waals surface area contributed by atoms with Crippen LogP contribution in [-0.2, 0) is 0 Å². The molecule has 0 spiro atoms. The number of thiocarbonyl (C=S) groups is 1. The number of benzene rings is 2. The predicted molar refractivity (Wildman–Crippen MR) is 98.5 cm³/mol. The molecule has 2 aromatic carbocycles. The van der Waals surface area contributed by atoms with Crippen molar-refractivity contribution < 1.29 is 13.9 Å². The molecule has 6 heteroatoms. The second-order valence-electron chi connectivity index (χ2n) is 6.56. The summed E-state index contributed by atoms with van der Waals surface area (Å²) < 4.78 is 25.3. The summed E-state index contributed by atoms with van der Waals surface area (Å²) in [5.74, 6) is 1.23. The third-order valence-corrected chi connectivity index (χ3v) is 5.53. The highest BCUT2D eigenvalue weighted by atomic mass is 32.1. The van der Waals surface area contributed by atoms with E-state index in [1.54, 1.807) is 19.2 Å². The Kier molecular flexibility index (Phi) is 3.61. The fourth-order valence-electron chi connectivity index (χ4n) is 3.74. The van der Waals surface area contributed by atoms with Gasteiger partial charge in [0.15, 0.2) is 22.3 Å². The van der Waals surface area contributed by atoms with Crippen molar-refractivity contribution >= 4 is 23.0 Å². The van der Waals surface area contributed by atoms with Crippen LogP contribution in [0.25, 0.3) is 0 Å². The van der Waals surface area contributed by atoms with E-state index in [2.05, 4.69) is 12.2 Å². The van der Waals surface area contributed by atoms with Crippen molar-refractivity contribution in [3.63, 3.8) is 0 Å². The van der Waals surface area contributed by atoms with Gasteiger partial charge in [0.05, 0.1) is 13.2 Å². The van der Waals surface area contributed by atoms with Gasteiger partial charge in [-0.05, 0) is 49.5 Å². The molecule has 1 saturated heterocycles. The molecule has 0 aliphatic carbocycles. The maximum absolute atomic E-state index is 13.4. The minimum atomic E-state index is -0.716. The van der Waals surface area contributed by atoms with E-state index in [9.17, 15) is 4.39 Å². The van der Waals surface area contributed by atoms with Crippen molar-refractivity contribution in [3.05, 3.63) is 53.8 Å². The van der Waals surface area contributed by atoms with Gasteiger partial charge >= 0.3 is 0 Å². The molecule has 0 aromatic heterocycles. The number of ether oxygens (including phenoxy) is 2. The zero-order valence-electron chi connectivity index (χ0n) is 14.2. The first kappa shape index (κ1) is 16.1. The second kappa shape index (κ2) is 5.59. The van der Waals surface area contributed by atoms with E-state index in [1.165, 1.54) is 12.1 Å². The molecule has 4 nitrogen and oxygen atoms in total. The van der Waals surface area contributed by atoms with E-state index in [0.717, 1.165) is 17.0 Å². The van der Waals surface area contributed by atoms with Crippen LogP contribution in [0.2, 0.25) is 0 Å². The fourth-order valence-corrected chi connectivity index (χ4v) is 4.15. The summed E-state index contributed by atoms with van der Waals surface area (Å²) >= 11 is 5.62. The largest absolute Gasteiger partial charge is 0.493 e. The molecule has 1 N–H and O–H groups in total. The van der Waals surface area contributed by atoms with Crippen LogP contribution in [0, 0.1) is 11.7 Å². The summed E-state index contributed by atoms with van der Waals surface area (Å²) in [5, 5.41) is 3.98. The zero-order valence-corrected chi connectivity index (χ0v) is 15.1. The van der Waals surface area contributed by atoms with Gasteiger partial charge in [0.2, 0.25) is 0 Å². The highest BCUT2D eigenvalue weighted by Crippen LogP contribution is 2.51. The lowest BCUT2D eigenvalue weighted by atomic mass is 9.80. The zero-order chi connectivity index (χ0) is 17.8.